The van der Waals surface area contributed by atoms with Crippen LogP contribution in [0.1, 0.15) is 17.1 Å². The van der Waals surface area contributed by atoms with Gasteiger partial charge in [0.05, 0.1) is 29.3 Å². The summed E-state index contributed by atoms with van der Waals surface area (Å²) in [6, 6.07) is 10.0. The highest BCUT2D eigenvalue weighted by Gasteiger charge is 2.08. The largest absolute Gasteiger partial charge is 0.378 e. The zero-order valence-electron chi connectivity index (χ0n) is 11.1. The summed E-state index contributed by atoms with van der Waals surface area (Å²) in [5.41, 5.74) is 5.29. The summed E-state index contributed by atoms with van der Waals surface area (Å²) in [4.78, 5) is 8.83. The van der Waals surface area contributed by atoms with Crippen molar-refractivity contribution in [3.8, 4) is 0 Å². The lowest BCUT2D eigenvalue weighted by Crippen LogP contribution is -2.05. The Morgan fingerprint density at radius 3 is 2.84 bits per heavy atom. The van der Waals surface area contributed by atoms with Gasteiger partial charge in [-0.2, -0.15) is 0 Å². The molecular weight excluding hydrogens is 236 g/mol. The lowest BCUT2D eigenvalue weighted by molar-refractivity contribution is 0.980. The van der Waals surface area contributed by atoms with E-state index in [1.807, 2.05) is 50.4 Å². The predicted octanol–water partition coefficient (Wildman–Crippen LogP) is 2.96. The van der Waals surface area contributed by atoms with E-state index in [1.54, 1.807) is 6.20 Å². The average Bonchev–Trinajstić information content (AvgIpc) is 2.74. The number of nitrogens with one attached hydrogen (secondary N) is 1. The molecule has 0 bridgehead atoms. The summed E-state index contributed by atoms with van der Waals surface area (Å²) in [5.74, 6) is 0. The van der Waals surface area contributed by atoms with Crippen molar-refractivity contribution in [2.45, 2.75) is 20.4 Å². The van der Waals surface area contributed by atoms with E-state index in [4.69, 9.17) is 0 Å². The zero-order chi connectivity index (χ0) is 13.2. The number of imidazole rings is 1. The second kappa shape index (κ2) is 4.72. The van der Waals surface area contributed by atoms with Crippen LogP contribution in [0.25, 0.3) is 5.65 Å². The second-order valence-electron chi connectivity index (χ2n) is 4.56. The number of nitrogens with zero attached hydrogens (tertiary/aromatic N) is 3. The van der Waals surface area contributed by atoms with Crippen LogP contribution in [-0.2, 0) is 6.54 Å². The van der Waals surface area contributed by atoms with E-state index in [9.17, 15) is 0 Å². The molecule has 0 atom stereocenters. The molecule has 0 fully saturated rings. The molecule has 1 N–H and O–H groups in total. The number of hydrogen-bond donors (Lipinski definition) is 1. The fourth-order valence-electron chi connectivity index (χ4n) is 2.23. The van der Waals surface area contributed by atoms with Crippen molar-refractivity contribution in [3.05, 3.63) is 59.8 Å². The highest BCUT2D eigenvalue weighted by molar-refractivity contribution is 5.48. The minimum atomic E-state index is 0.740. The molecular formula is C15H16N4. The molecule has 4 heteroatoms. The van der Waals surface area contributed by atoms with Gasteiger partial charge in [-0.25, -0.2) is 4.98 Å². The first-order valence-electron chi connectivity index (χ1n) is 6.34. The van der Waals surface area contributed by atoms with Gasteiger partial charge in [0.1, 0.15) is 5.65 Å². The molecule has 0 radical (unpaired) electrons. The molecule has 0 aromatic carbocycles. The van der Waals surface area contributed by atoms with Gasteiger partial charge in [0.2, 0.25) is 0 Å². The van der Waals surface area contributed by atoms with Gasteiger partial charge in [0.15, 0.2) is 0 Å². The van der Waals surface area contributed by atoms with Crippen molar-refractivity contribution in [2.75, 3.05) is 5.32 Å². The Morgan fingerprint density at radius 2 is 2.00 bits per heavy atom. The second-order valence-corrected chi connectivity index (χ2v) is 4.56. The SMILES string of the molecule is Cc1ncccc1NCc1c(C)nc2ccccn12. The number of aromatic nitrogens is 3. The molecule has 0 aliphatic carbocycles. The minimum absolute atomic E-state index is 0.740. The molecule has 0 amide bonds. The third-order valence-electron chi connectivity index (χ3n) is 3.28. The smallest absolute Gasteiger partial charge is 0.137 e. The van der Waals surface area contributed by atoms with Gasteiger partial charge in [-0.1, -0.05) is 6.07 Å². The molecule has 0 aliphatic heterocycles. The first kappa shape index (κ1) is 11.7. The lowest BCUT2D eigenvalue weighted by atomic mass is 10.3. The van der Waals surface area contributed by atoms with Gasteiger partial charge < -0.3 is 9.72 Å². The highest BCUT2D eigenvalue weighted by atomic mass is 15.0. The number of pyridine rings is 2. The number of hydrogen-bond acceptors (Lipinski definition) is 3. The molecule has 3 heterocycles. The molecule has 3 rings (SSSR count). The quantitative estimate of drug-likeness (QED) is 0.779. The third kappa shape index (κ3) is 2.17. The lowest BCUT2D eigenvalue weighted by Gasteiger charge is -2.09. The Labute approximate surface area is 112 Å². The van der Waals surface area contributed by atoms with Crippen LogP contribution in [0, 0.1) is 13.8 Å². The van der Waals surface area contributed by atoms with E-state index in [1.165, 1.54) is 5.69 Å². The number of anilines is 1. The van der Waals surface area contributed by atoms with Crippen LogP contribution in [0.4, 0.5) is 5.69 Å². The highest BCUT2D eigenvalue weighted by Crippen LogP contribution is 2.15. The number of rotatable bonds is 3. The fourth-order valence-corrected chi connectivity index (χ4v) is 2.23. The van der Waals surface area contributed by atoms with Crippen LogP contribution in [0.5, 0.6) is 0 Å². The molecule has 0 spiro atoms. The molecule has 96 valence electrons. The predicted molar refractivity (Wildman–Crippen MR) is 76.2 cm³/mol. The molecule has 0 saturated heterocycles. The summed E-state index contributed by atoms with van der Waals surface area (Å²) < 4.78 is 2.12. The number of aryl methyl sites for hydroxylation is 2. The summed E-state index contributed by atoms with van der Waals surface area (Å²) in [6.07, 6.45) is 3.85. The molecule has 0 aliphatic rings. The maximum Gasteiger partial charge on any atom is 0.137 e. The normalized spacial score (nSPS) is 10.8. The van der Waals surface area contributed by atoms with E-state index >= 15 is 0 Å². The van der Waals surface area contributed by atoms with Crippen LogP contribution < -0.4 is 5.32 Å². The summed E-state index contributed by atoms with van der Waals surface area (Å²) in [7, 11) is 0. The van der Waals surface area contributed by atoms with Crippen molar-refractivity contribution >= 4 is 11.3 Å². The molecule has 3 aromatic rings. The number of fused-ring (bicyclic) bond motifs is 1. The maximum atomic E-state index is 4.56. The Balaban J connectivity index is 1.90. The van der Waals surface area contributed by atoms with Crippen LogP contribution in [0.3, 0.4) is 0 Å². The van der Waals surface area contributed by atoms with Crippen LogP contribution >= 0.6 is 0 Å². The Morgan fingerprint density at radius 1 is 1.11 bits per heavy atom. The Kier molecular flexibility index (Phi) is 2.91. The van der Waals surface area contributed by atoms with Gasteiger partial charge in [-0.15, -0.1) is 0 Å². The first-order valence-corrected chi connectivity index (χ1v) is 6.34. The summed E-state index contributed by atoms with van der Waals surface area (Å²) in [5, 5.41) is 3.42. The van der Waals surface area contributed by atoms with E-state index < -0.39 is 0 Å². The van der Waals surface area contributed by atoms with Gasteiger partial charge in [0, 0.05) is 12.4 Å². The topological polar surface area (TPSA) is 42.2 Å². The standard InChI is InChI=1S/C15H16N4/c1-11-13(6-5-8-16-11)17-10-14-12(2)18-15-7-3-4-9-19(14)15/h3-9,17H,10H2,1-2H3. The van der Waals surface area contributed by atoms with Gasteiger partial charge >= 0.3 is 0 Å². The van der Waals surface area contributed by atoms with E-state index in [0.29, 0.717) is 0 Å². The average molecular weight is 252 g/mol. The summed E-state index contributed by atoms with van der Waals surface area (Å²) in [6.45, 7) is 4.79. The fraction of sp³-hybridized carbons (Fsp3) is 0.200. The third-order valence-corrected chi connectivity index (χ3v) is 3.28. The van der Waals surface area contributed by atoms with Gasteiger partial charge in [-0.3, -0.25) is 4.98 Å². The molecule has 4 nitrogen and oxygen atoms in total. The van der Waals surface area contributed by atoms with E-state index in [0.717, 1.165) is 29.3 Å². The van der Waals surface area contributed by atoms with E-state index in [2.05, 4.69) is 19.7 Å². The first-order chi connectivity index (χ1) is 9.25. The van der Waals surface area contributed by atoms with Crippen LogP contribution in [0.2, 0.25) is 0 Å². The van der Waals surface area contributed by atoms with Crippen molar-refractivity contribution in [1.29, 1.82) is 0 Å². The molecule has 0 unspecified atom stereocenters. The summed E-state index contributed by atoms with van der Waals surface area (Å²) >= 11 is 0. The molecule has 0 saturated carbocycles. The molecule has 19 heavy (non-hydrogen) atoms. The van der Waals surface area contributed by atoms with Crippen molar-refractivity contribution in [1.82, 2.24) is 14.4 Å². The van der Waals surface area contributed by atoms with Crippen molar-refractivity contribution in [3.63, 3.8) is 0 Å². The van der Waals surface area contributed by atoms with E-state index in [-0.39, 0.29) is 0 Å². The van der Waals surface area contributed by atoms with Crippen LogP contribution in [-0.4, -0.2) is 14.4 Å². The Bertz CT molecular complexity index is 715. The maximum absolute atomic E-state index is 4.56. The molecule has 3 aromatic heterocycles. The van der Waals surface area contributed by atoms with Crippen molar-refractivity contribution < 1.29 is 0 Å². The van der Waals surface area contributed by atoms with Crippen molar-refractivity contribution in [2.24, 2.45) is 0 Å². The van der Waals surface area contributed by atoms with Gasteiger partial charge in [-0.05, 0) is 38.1 Å². The Hall–Kier alpha value is -2.36. The van der Waals surface area contributed by atoms with Gasteiger partial charge in [0.25, 0.3) is 0 Å². The minimum Gasteiger partial charge on any atom is -0.378 e. The monoisotopic (exact) mass is 252 g/mol. The van der Waals surface area contributed by atoms with Crippen LogP contribution in [0.15, 0.2) is 42.7 Å². The zero-order valence-corrected chi connectivity index (χ0v) is 11.1.